The molecule has 0 fully saturated rings. The van der Waals surface area contributed by atoms with Crippen LogP contribution in [-0.4, -0.2) is 36.9 Å². The highest BCUT2D eigenvalue weighted by atomic mass is 16.5. The van der Waals surface area contributed by atoms with Gasteiger partial charge in [0, 0.05) is 11.1 Å². The quantitative estimate of drug-likeness (QED) is 0.531. The molecule has 1 atom stereocenters. The summed E-state index contributed by atoms with van der Waals surface area (Å²) in [6.07, 6.45) is 0. The van der Waals surface area contributed by atoms with Gasteiger partial charge in [0.05, 0.1) is 6.61 Å². The summed E-state index contributed by atoms with van der Waals surface area (Å²) >= 11 is 0. The second kappa shape index (κ2) is 10.3. The van der Waals surface area contributed by atoms with E-state index in [0.717, 1.165) is 0 Å². The van der Waals surface area contributed by atoms with E-state index in [0.29, 0.717) is 23.5 Å². The number of carbonyl (C=O) groups excluding carboxylic acids is 3. The summed E-state index contributed by atoms with van der Waals surface area (Å²) in [6.45, 7) is 5.62. The van der Waals surface area contributed by atoms with E-state index < -0.39 is 18.6 Å². The number of amides is 1. The van der Waals surface area contributed by atoms with E-state index in [4.69, 9.17) is 9.47 Å². The number of Topliss-reactive ketones (excluding diaryl/α,β-unsaturated/α-hetero) is 1. The normalized spacial score (nSPS) is 11.6. The number of hydrogen-bond donors (Lipinski definition) is 1. The fourth-order valence-corrected chi connectivity index (χ4v) is 2.53. The third-order valence-corrected chi connectivity index (χ3v) is 4.08. The number of nitrogens with one attached hydrogen (secondary N) is 1. The molecule has 0 radical (unpaired) electrons. The van der Waals surface area contributed by atoms with Crippen molar-refractivity contribution in [2.75, 3.05) is 13.2 Å². The predicted octanol–water partition coefficient (Wildman–Crippen LogP) is 3.27. The zero-order chi connectivity index (χ0) is 20.5. The van der Waals surface area contributed by atoms with Crippen LogP contribution >= 0.6 is 0 Å². The first-order valence-corrected chi connectivity index (χ1v) is 9.21. The van der Waals surface area contributed by atoms with Crippen LogP contribution in [0, 0.1) is 5.92 Å². The van der Waals surface area contributed by atoms with Crippen molar-refractivity contribution >= 4 is 17.7 Å². The van der Waals surface area contributed by atoms with Crippen molar-refractivity contribution in [2.45, 2.75) is 26.8 Å². The summed E-state index contributed by atoms with van der Waals surface area (Å²) in [5.41, 5.74) is 0.872. The van der Waals surface area contributed by atoms with Crippen LogP contribution < -0.4 is 10.1 Å². The fraction of sp³-hybridized carbons (Fsp3) is 0.318. The molecule has 0 aliphatic heterocycles. The Bertz CT molecular complexity index is 799. The Kier molecular flexibility index (Phi) is 7.75. The third kappa shape index (κ3) is 5.94. The van der Waals surface area contributed by atoms with Gasteiger partial charge in [-0.15, -0.1) is 0 Å². The van der Waals surface area contributed by atoms with Crippen LogP contribution in [0.3, 0.4) is 0 Å². The number of benzene rings is 2. The second-order valence-corrected chi connectivity index (χ2v) is 6.55. The zero-order valence-electron chi connectivity index (χ0n) is 16.3. The van der Waals surface area contributed by atoms with Crippen LogP contribution in [-0.2, 0) is 9.53 Å². The number of carbonyl (C=O) groups is 3. The molecule has 1 N–H and O–H groups in total. The van der Waals surface area contributed by atoms with Crippen LogP contribution in [0.1, 0.15) is 41.5 Å². The highest BCUT2D eigenvalue weighted by Crippen LogP contribution is 2.13. The minimum Gasteiger partial charge on any atom is -0.494 e. The van der Waals surface area contributed by atoms with E-state index in [-0.39, 0.29) is 17.6 Å². The lowest BCUT2D eigenvalue weighted by Gasteiger charge is -2.20. The van der Waals surface area contributed by atoms with E-state index in [2.05, 4.69) is 5.32 Å². The molecular formula is C22H25NO5. The lowest BCUT2D eigenvalue weighted by atomic mass is 10.0. The van der Waals surface area contributed by atoms with E-state index in [9.17, 15) is 14.4 Å². The second-order valence-electron chi connectivity index (χ2n) is 6.55. The summed E-state index contributed by atoms with van der Waals surface area (Å²) in [7, 11) is 0. The van der Waals surface area contributed by atoms with E-state index >= 15 is 0 Å². The maximum absolute atomic E-state index is 12.4. The van der Waals surface area contributed by atoms with Crippen LogP contribution in [0.15, 0.2) is 54.6 Å². The van der Waals surface area contributed by atoms with Crippen molar-refractivity contribution in [1.29, 1.82) is 0 Å². The predicted molar refractivity (Wildman–Crippen MR) is 105 cm³/mol. The number of hydrogen-bond acceptors (Lipinski definition) is 5. The third-order valence-electron chi connectivity index (χ3n) is 4.08. The topological polar surface area (TPSA) is 81.7 Å². The molecule has 0 bridgehead atoms. The molecular weight excluding hydrogens is 358 g/mol. The van der Waals surface area contributed by atoms with Crippen molar-refractivity contribution in [2.24, 2.45) is 5.92 Å². The van der Waals surface area contributed by atoms with Gasteiger partial charge in [-0.1, -0.05) is 32.0 Å². The smallest absolute Gasteiger partial charge is 0.329 e. The standard InChI is InChI=1S/C22H25NO5/c1-4-27-18-12-10-16(11-13-18)19(24)14-28-22(26)20(15(2)3)23-21(25)17-8-6-5-7-9-17/h5-13,15,20H,4,14H2,1-3H3,(H,23,25)/t20-/m0/s1. The Hall–Kier alpha value is -3.15. The molecule has 0 aliphatic carbocycles. The van der Waals surface area contributed by atoms with Gasteiger partial charge in [-0.3, -0.25) is 9.59 Å². The molecule has 2 aromatic carbocycles. The molecule has 0 spiro atoms. The van der Waals surface area contributed by atoms with Crippen molar-refractivity contribution < 1.29 is 23.9 Å². The first-order valence-electron chi connectivity index (χ1n) is 9.21. The molecule has 0 saturated carbocycles. The van der Waals surface area contributed by atoms with Crippen molar-refractivity contribution in [3.8, 4) is 5.75 Å². The molecule has 2 aromatic rings. The van der Waals surface area contributed by atoms with E-state index in [1.54, 1.807) is 68.4 Å². The molecule has 0 aromatic heterocycles. The molecule has 2 rings (SSSR count). The van der Waals surface area contributed by atoms with Gasteiger partial charge in [-0.2, -0.15) is 0 Å². The SMILES string of the molecule is CCOc1ccc(C(=O)COC(=O)[C@@H](NC(=O)c2ccccc2)C(C)C)cc1. The summed E-state index contributed by atoms with van der Waals surface area (Å²) in [5.74, 6) is -0.860. The zero-order valence-corrected chi connectivity index (χ0v) is 16.3. The molecule has 148 valence electrons. The lowest BCUT2D eigenvalue weighted by molar-refractivity contribution is -0.145. The van der Waals surface area contributed by atoms with E-state index in [1.165, 1.54) is 0 Å². The largest absolute Gasteiger partial charge is 0.494 e. The molecule has 6 heteroatoms. The average molecular weight is 383 g/mol. The van der Waals surface area contributed by atoms with Gasteiger partial charge in [-0.05, 0) is 49.2 Å². The minimum atomic E-state index is -0.846. The Labute approximate surface area is 164 Å². The van der Waals surface area contributed by atoms with Gasteiger partial charge in [0.1, 0.15) is 11.8 Å². The first-order chi connectivity index (χ1) is 13.4. The summed E-state index contributed by atoms with van der Waals surface area (Å²) in [4.78, 5) is 37.0. The van der Waals surface area contributed by atoms with Gasteiger partial charge < -0.3 is 14.8 Å². The van der Waals surface area contributed by atoms with Gasteiger partial charge in [0.2, 0.25) is 0 Å². The van der Waals surface area contributed by atoms with Crippen molar-refractivity contribution in [3.63, 3.8) is 0 Å². The Morgan fingerprint density at radius 2 is 1.57 bits per heavy atom. The van der Waals surface area contributed by atoms with Crippen molar-refractivity contribution in [1.82, 2.24) is 5.32 Å². The summed E-state index contributed by atoms with van der Waals surface area (Å²) in [6, 6.07) is 14.4. The maximum Gasteiger partial charge on any atom is 0.329 e. The lowest BCUT2D eigenvalue weighted by Crippen LogP contribution is -2.45. The fourth-order valence-electron chi connectivity index (χ4n) is 2.53. The van der Waals surface area contributed by atoms with Crippen LogP contribution in [0.25, 0.3) is 0 Å². The van der Waals surface area contributed by atoms with Crippen molar-refractivity contribution in [3.05, 3.63) is 65.7 Å². The molecule has 6 nitrogen and oxygen atoms in total. The molecule has 0 aliphatic rings. The number of rotatable bonds is 9. The maximum atomic E-state index is 12.4. The first kappa shape index (κ1) is 21.2. The Balaban J connectivity index is 1.94. The number of ether oxygens (including phenoxy) is 2. The van der Waals surface area contributed by atoms with Gasteiger partial charge in [0.15, 0.2) is 12.4 Å². The Morgan fingerprint density at radius 3 is 2.14 bits per heavy atom. The highest BCUT2D eigenvalue weighted by Gasteiger charge is 2.26. The van der Waals surface area contributed by atoms with Crippen LogP contribution in [0.2, 0.25) is 0 Å². The number of ketones is 1. The molecule has 0 saturated heterocycles. The van der Waals surface area contributed by atoms with Gasteiger partial charge in [0.25, 0.3) is 5.91 Å². The summed E-state index contributed by atoms with van der Waals surface area (Å²) in [5, 5.41) is 2.68. The molecule has 0 heterocycles. The Morgan fingerprint density at radius 1 is 0.929 bits per heavy atom. The average Bonchev–Trinajstić information content (AvgIpc) is 2.71. The molecule has 1 amide bonds. The van der Waals surface area contributed by atoms with E-state index in [1.807, 2.05) is 6.92 Å². The van der Waals surface area contributed by atoms with Gasteiger partial charge >= 0.3 is 5.97 Å². The number of esters is 1. The van der Waals surface area contributed by atoms with Crippen LogP contribution in [0.5, 0.6) is 5.75 Å². The molecule has 0 unspecified atom stereocenters. The van der Waals surface area contributed by atoms with Crippen LogP contribution in [0.4, 0.5) is 0 Å². The summed E-state index contributed by atoms with van der Waals surface area (Å²) < 4.78 is 10.5. The van der Waals surface area contributed by atoms with Gasteiger partial charge in [-0.25, -0.2) is 4.79 Å². The molecule has 28 heavy (non-hydrogen) atoms. The highest BCUT2D eigenvalue weighted by molar-refractivity contribution is 5.99. The monoisotopic (exact) mass is 383 g/mol. The minimum absolute atomic E-state index is 0.194.